The fourth-order valence-corrected chi connectivity index (χ4v) is 10.7. The number of ether oxygens (including phenoxy) is 3. The molecule has 2 bridgehead atoms. The van der Waals surface area contributed by atoms with Gasteiger partial charge < -0.3 is 19.3 Å². The van der Waals surface area contributed by atoms with Gasteiger partial charge in [-0.2, -0.15) is 0 Å². The second-order valence-electron chi connectivity index (χ2n) is 15.1. The van der Waals surface area contributed by atoms with Crippen molar-refractivity contribution in [2.45, 2.75) is 117 Å². The van der Waals surface area contributed by atoms with Crippen LogP contribution in [-0.4, -0.2) is 53.5 Å². The molecule has 6 heteroatoms. The van der Waals surface area contributed by atoms with Crippen LogP contribution in [-0.2, 0) is 23.8 Å². The van der Waals surface area contributed by atoms with Crippen LogP contribution in [0.25, 0.3) is 0 Å². The molecule has 0 spiro atoms. The Morgan fingerprint density at radius 3 is 2.35 bits per heavy atom. The molecule has 2 saturated heterocycles. The molecule has 37 heavy (non-hydrogen) atoms. The van der Waals surface area contributed by atoms with Gasteiger partial charge in [-0.05, 0) is 75.5 Å². The van der Waals surface area contributed by atoms with Crippen molar-refractivity contribution in [1.29, 1.82) is 0 Å². The minimum atomic E-state index is -1.25. The Labute approximate surface area is 221 Å². The third kappa shape index (κ3) is 2.92. The minimum absolute atomic E-state index is 0.0100. The highest BCUT2D eigenvalue weighted by Gasteiger charge is 2.75. The van der Waals surface area contributed by atoms with Crippen LogP contribution < -0.4 is 0 Å². The van der Waals surface area contributed by atoms with Gasteiger partial charge in [0.1, 0.15) is 11.9 Å². The quantitative estimate of drug-likeness (QED) is 0.503. The number of carbonyl (C=O) groups excluding carboxylic acids is 2. The third-order valence-electron chi connectivity index (χ3n) is 13.0. The van der Waals surface area contributed by atoms with Gasteiger partial charge in [0.25, 0.3) is 0 Å². The Kier molecular flexibility index (Phi) is 5.20. The molecule has 1 N–H and O–H groups in total. The predicted molar refractivity (Wildman–Crippen MR) is 138 cm³/mol. The number of aliphatic hydroxyl groups is 1. The summed E-state index contributed by atoms with van der Waals surface area (Å²) in [6, 6.07) is 0. The first kappa shape index (κ1) is 26.2. The van der Waals surface area contributed by atoms with E-state index < -0.39 is 28.3 Å². The van der Waals surface area contributed by atoms with E-state index in [9.17, 15) is 14.7 Å². The molecule has 3 saturated carbocycles. The van der Waals surface area contributed by atoms with Crippen LogP contribution in [0.2, 0.25) is 0 Å². The van der Waals surface area contributed by atoms with Gasteiger partial charge in [0, 0.05) is 36.7 Å². The lowest BCUT2D eigenvalue weighted by atomic mass is 9.38. The number of hydrogen-bond donors (Lipinski definition) is 1. The molecule has 0 aromatic rings. The maximum atomic E-state index is 14.5. The Morgan fingerprint density at radius 1 is 1.03 bits per heavy atom. The summed E-state index contributed by atoms with van der Waals surface area (Å²) in [5, 5.41) is 11.7. The molecule has 6 aliphatic rings. The standard InChI is InChI=1S/C31H46O6/c1-16-24-20(36-23-15-31(16,34)37-27(23,4)5)13-28(6)21-11-10-17-18(12-19(35-9)25(33)26(17,2)3)30(21,8)22(32)14-29(24,28)7/h10,16,18-21,23-24,34H,11-15H2,1-9H3. The lowest BCUT2D eigenvalue weighted by Gasteiger charge is -2.64. The highest BCUT2D eigenvalue weighted by molar-refractivity contribution is 5.94. The number of methoxy groups -OCH3 is 1. The smallest absolute Gasteiger partial charge is 0.171 e. The number of Topliss-reactive ketones (excluding diaryl/α,β-unsaturated/α-hetero) is 2. The molecule has 0 aromatic heterocycles. The van der Waals surface area contributed by atoms with Crippen LogP contribution in [0.5, 0.6) is 0 Å². The minimum Gasteiger partial charge on any atom is -0.374 e. The summed E-state index contributed by atoms with van der Waals surface area (Å²) in [5.41, 5.74) is -1.10. The van der Waals surface area contributed by atoms with Crippen LogP contribution in [0.1, 0.15) is 87.5 Å². The second-order valence-corrected chi connectivity index (χ2v) is 15.1. The highest BCUT2D eigenvalue weighted by atomic mass is 16.7. The zero-order valence-electron chi connectivity index (χ0n) is 24.1. The fourth-order valence-electron chi connectivity index (χ4n) is 10.7. The Bertz CT molecular complexity index is 1090. The summed E-state index contributed by atoms with van der Waals surface area (Å²) in [5.74, 6) is -0.829. The summed E-state index contributed by atoms with van der Waals surface area (Å²) >= 11 is 0. The highest BCUT2D eigenvalue weighted by Crippen LogP contribution is 2.75. The molecule has 2 heterocycles. The van der Waals surface area contributed by atoms with Crippen LogP contribution in [0.15, 0.2) is 11.6 Å². The third-order valence-corrected chi connectivity index (χ3v) is 13.0. The van der Waals surface area contributed by atoms with E-state index in [1.165, 1.54) is 0 Å². The normalized spacial score (nSPS) is 55.5. The Balaban J connectivity index is 1.46. The van der Waals surface area contributed by atoms with E-state index in [1.54, 1.807) is 7.11 Å². The summed E-state index contributed by atoms with van der Waals surface area (Å²) in [4.78, 5) is 27.8. The SMILES string of the molecule is COC1CC2C(=CCC3C2(C)C(=O)CC2(C)C4C(CC32C)OC2CC(O)(OC2(C)C)C4C)C(C)(C)C1=O. The van der Waals surface area contributed by atoms with Gasteiger partial charge >= 0.3 is 0 Å². The first-order valence-electron chi connectivity index (χ1n) is 14.4. The summed E-state index contributed by atoms with van der Waals surface area (Å²) in [7, 11) is 1.61. The van der Waals surface area contributed by atoms with E-state index in [1.807, 2.05) is 27.7 Å². The zero-order chi connectivity index (χ0) is 27.1. The number of fused-ring (bicyclic) bond motifs is 9. The van der Waals surface area contributed by atoms with E-state index >= 15 is 0 Å². The number of ketones is 2. The van der Waals surface area contributed by atoms with Crippen LogP contribution in [0.4, 0.5) is 0 Å². The first-order chi connectivity index (χ1) is 17.0. The Hall–Kier alpha value is -1.08. The van der Waals surface area contributed by atoms with Gasteiger partial charge in [0.05, 0.1) is 17.8 Å². The van der Waals surface area contributed by atoms with Crippen LogP contribution >= 0.6 is 0 Å². The molecule has 6 nitrogen and oxygen atoms in total. The molecule has 0 amide bonds. The van der Waals surface area contributed by atoms with E-state index in [-0.39, 0.29) is 52.5 Å². The molecule has 0 aromatic carbocycles. The predicted octanol–water partition coefficient (Wildman–Crippen LogP) is 4.87. The summed E-state index contributed by atoms with van der Waals surface area (Å²) in [6.07, 6.45) is 4.80. The largest absolute Gasteiger partial charge is 0.374 e. The molecule has 0 radical (unpaired) electrons. The first-order valence-corrected chi connectivity index (χ1v) is 14.4. The molecule has 2 aliphatic heterocycles. The maximum absolute atomic E-state index is 14.5. The summed E-state index contributed by atoms with van der Waals surface area (Å²) in [6.45, 7) is 17.0. The van der Waals surface area contributed by atoms with Crippen LogP contribution in [0.3, 0.4) is 0 Å². The van der Waals surface area contributed by atoms with E-state index in [0.717, 1.165) is 18.4 Å². The molecule has 6 rings (SSSR count). The lowest BCUT2D eigenvalue weighted by molar-refractivity contribution is -0.276. The molecule has 206 valence electrons. The van der Waals surface area contributed by atoms with E-state index in [4.69, 9.17) is 14.2 Å². The Morgan fingerprint density at radius 2 is 1.70 bits per heavy atom. The number of hydrogen-bond acceptors (Lipinski definition) is 6. The van der Waals surface area contributed by atoms with Crippen molar-refractivity contribution >= 4 is 11.6 Å². The average Bonchev–Trinajstić information content (AvgIpc) is 3.11. The van der Waals surface area contributed by atoms with Crippen molar-refractivity contribution in [3.05, 3.63) is 11.6 Å². The van der Waals surface area contributed by atoms with Gasteiger partial charge in [-0.3, -0.25) is 9.59 Å². The second kappa shape index (κ2) is 7.35. The van der Waals surface area contributed by atoms with Gasteiger partial charge in [0.15, 0.2) is 11.6 Å². The van der Waals surface area contributed by atoms with Crippen molar-refractivity contribution in [2.75, 3.05) is 7.11 Å². The molecular weight excluding hydrogens is 468 g/mol. The zero-order valence-corrected chi connectivity index (χ0v) is 24.1. The molecule has 5 fully saturated rings. The van der Waals surface area contributed by atoms with Crippen LogP contribution in [0, 0.1) is 45.3 Å². The van der Waals surface area contributed by atoms with Crippen molar-refractivity contribution in [2.24, 2.45) is 45.3 Å². The maximum Gasteiger partial charge on any atom is 0.171 e. The van der Waals surface area contributed by atoms with Crippen molar-refractivity contribution < 1.29 is 28.9 Å². The molecule has 11 atom stereocenters. The topological polar surface area (TPSA) is 82.1 Å². The van der Waals surface area contributed by atoms with Gasteiger partial charge in [-0.1, -0.05) is 39.3 Å². The van der Waals surface area contributed by atoms with Crippen molar-refractivity contribution in [3.63, 3.8) is 0 Å². The summed E-state index contributed by atoms with van der Waals surface area (Å²) < 4.78 is 18.8. The van der Waals surface area contributed by atoms with Crippen molar-refractivity contribution in [3.8, 4) is 0 Å². The average molecular weight is 515 g/mol. The fraction of sp³-hybridized carbons (Fsp3) is 0.871. The number of rotatable bonds is 1. The van der Waals surface area contributed by atoms with Gasteiger partial charge in [-0.15, -0.1) is 0 Å². The number of allylic oxidation sites excluding steroid dienone is 2. The van der Waals surface area contributed by atoms with Gasteiger partial charge in [-0.25, -0.2) is 0 Å². The number of carbonyl (C=O) groups is 2. The van der Waals surface area contributed by atoms with E-state index in [0.29, 0.717) is 25.0 Å². The van der Waals surface area contributed by atoms with Gasteiger partial charge in [0.2, 0.25) is 0 Å². The molecular formula is C31H46O6. The van der Waals surface area contributed by atoms with E-state index in [2.05, 4.69) is 33.8 Å². The monoisotopic (exact) mass is 514 g/mol. The molecule has 4 aliphatic carbocycles. The lowest BCUT2D eigenvalue weighted by Crippen LogP contribution is -2.64. The molecule has 11 unspecified atom stereocenters. The van der Waals surface area contributed by atoms with Crippen molar-refractivity contribution in [1.82, 2.24) is 0 Å².